The Bertz CT molecular complexity index is 1580. The van der Waals surface area contributed by atoms with E-state index < -0.39 is 52.1 Å². The summed E-state index contributed by atoms with van der Waals surface area (Å²) in [6, 6.07) is 25.1. The number of benzene rings is 3. The van der Waals surface area contributed by atoms with Crippen molar-refractivity contribution in [1.82, 2.24) is 5.32 Å². The van der Waals surface area contributed by atoms with Gasteiger partial charge in [0, 0.05) is 12.7 Å². The van der Waals surface area contributed by atoms with Gasteiger partial charge in [-0.15, -0.1) is 11.8 Å². The molecular formula is C40H53NO9S. The average molecular weight is 724 g/mol. The number of nitrogens with one attached hydrogen (secondary N) is 1. The maximum absolute atomic E-state index is 13.3. The molecule has 11 heteroatoms. The summed E-state index contributed by atoms with van der Waals surface area (Å²) >= 11 is 1.50. The summed E-state index contributed by atoms with van der Waals surface area (Å²) in [7, 11) is 1.62. The lowest BCUT2D eigenvalue weighted by Crippen LogP contribution is -2.46. The Kier molecular flexibility index (Phi) is 15.7. The summed E-state index contributed by atoms with van der Waals surface area (Å²) in [4.78, 5) is 48.7. The van der Waals surface area contributed by atoms with Crippen LogP contribution in [0.15, 0.2) is 78.9 Å². The number of carbonyl (C=O) groups excluding carboxylic acids is 4. The zero-order valence-corrected chi connectivity index (χ0v) is 32.4. The van der Waals surface area contributed by atoms with Crippen LogP contribution in [-0.2, 0) is 38.1 Å². The zero-order chi connectivity index (χ0) is 38.6. The largest absolute Gasteiger partial charge is 0.497 e. The Labute approximate surface area is 306 Å². The van der Waals surface area contributed by atoms with Crippen LogP contribution in [0.5, 0.6) is 5.75 Å². The van der Waals surface area contributed by atoms with E-state index in [1.54, 1.807) is 48.7 Å². The van der Waals surface area contributed by atoms with E-state index in [1.165, 1.54) is 32.5 Å². The molecule has 0 radical (unpaired) electrons. The highest BCUT2D eigenvalue weighted by Gasteiger charge is 2.39. The highest BCUT2D eigenvalue weighted by Crippen LogP contribution is 2.49. The number of carbonyl (C=O) groups is 4. The van der Waals surface area contributed by atoms with Crippen LogP contribution in [0.4, 0.5) is 0 Å². The highest BCUT2D eigenvalue weighted by atomic mass is 32.2. The number of ether oxygens (including phenoxy) is 4. The topological polar surface area (TPSA) is 137 Å². The van der Waals surface area contributed by atoms with Gasteiger partial charge in [-0.25, -0.2) is 14.4 Å². The quantitative estimate of drug-likeness (QED) is 0.121. The molecule has 0 heterocycles. The van der Waals surface area contributed by atoms with Crippen molar-refractivity contribution in [2.75, 3.05) is 12.9 Å². The lowest BCUT2D eigenvalue weighted by Gasteiger charge is -2.36. The van der Waals surface area contributed by atoms with Gasteiger partial charge in [-0.1, -0.05) is 72.3 Å². The molecule has 10 nitrogen and oxygen atoms in total. The van der Waals surface area contributed by atoms with E-state index in [4.69, 9.17) is 24.1 Å². The predicted octanol–water partition coefficient (Wildman–Crippen LogP) is 6.52. The van der Waals surface area contributed by atoms with Gasteiger partial charge in [0.15, 0.2) is 6.10 Å². The number of amides is 1. The molecule has 3 rings (SSSR count). The summed E-state index contributed by atoms with van der Waals surface area (Å²) < 4.78 is 20.3. The van der Waals surface area contributed by atoms with E-state index in [0.29, 0.717) is 0 Å². The van der Waals surface area contributed by atoms with Crippen LogP contribution in [0.2, 0.25) is 0 Å². The van der Waals surface area contributed by atoms with E-state index in [9.17, 15) is 19.2 Å². The monoisotopic (exact) mass is 723 g/mol. The molecule has 1 unspecified atom stereocenters. The molecule has 0 fully saturated rings. The van der Waals surface area contributed by atoms with Crippen LogP contribution in [-0.4, -0.2) is 71.2 Å². The number of esters is 3. The summed E-state index contributed by atoms with van der Waals surface area (Å²) in [6.45, 7) is 16.7. The first-order valence-corrected chi connectivity index (χ1v) is 17.7. The molecule has 1 amide bonds. The normalized spacial score (nSPS) is 14.3. The molecular weight excluding hydrogens is 671 g/mol. The van der Waals surface area contributed by atoms with Gasteiger partial charge in [0.1, 0.15) is 29.1 Å². The van der Waals surface area contributed by atoms with E-state index in [-0.39, 0.29) is 11.7 Å². The minimum atomic E-state index is -1.14. The third-order valence-corrected chi connectivity index (χ3v) is 8.68. The van der Waals surface area contributed by atoms with Crippen molar-refractivity contribution in [3.05, 3.63) is 101 Å². The minimum Gasteiger partial charge on any atom is -0.497 e. The Morgan fingerprint density at radius 2 is 1.20 bits per heavy atom. The number of rotatable bonds is 12. The Balaban J connectivity index is 0.000000783. The highest BCUT2D eigenvalue weighted by molar-refractivity contribution is 8.00. The lowest BCUT2D eigenvalue weighted by molar-refractivity contribution is -0.175. The summed E-state index contributed by atoms with van der Waals surface area (Å²) in [6.07, 6.45) is -2.17. The SMILES string of the molecule is COc1ccc(C(SC[C@H](NC(C)=O)C(=O)O[C@H](C)C(=O)OC(C)(C)C)(c2ccccc2)c2ccc(C)cc2)cc1.C[C@@H](O)C(=O)OC(C)(C)C. The first kappa shape index (κ1) is 42.8. The van der Waals surface area contributed by atoms with Crippen molar-refractivity contribution in [2.45, 2.75) is 103 Å². The van der Waals surface area contributed by atoms with Gasteiger partial charge in [0.25, 0.3) is 0 Å². The number of hydrogen-bond donors (Lipinski definition) is 2. The smallest absolute Gasteiger partial charge is 0.347 e. The van der Waals surface area contributed by atoms with E-state index >= 15 is 0 Å². The lowest BCUT2D eigenvalue weighted by atomic mass is 9.83. The van der Waals surface area contributed by atoms with Crippen LogP contribution in [0.1, 0.15) is 84.6 Å². The number of aliphatic hydroxyl groups excluding tert-OH is 1. The Morgan fingerprint density at radius 3 is 1.63 bits per heavy atom. The molecule has 0 aromatic heterocycles. The fraction of sp³-hybridized carbons (Fsp3) is 0.450. The molecule has 4 atom stereocenters. The van der Waals surface area contributed by atoms with Crippen LogP contribution in [0, 0.1) is 6.92 Å². The number of methoxy groups -OCH3 is 1. The van der Waals surface area contributed by atoms with Crippen LogP contribution >= 0.6 is 11.8 Å². The van der Waals surface area contributed by atoms with E-state index in [0.717, 1.165) is 28.0 Å². The molecule has 51 heavy (non-hydrogen) atoms. The van der Waals surface area contributed by atoms with Gasteiger partial charge < -0.3 is 29.4 Å². The first-order valence-electron chi connectivity index (χ1n) is 16.7. The molecule has 0 bridgehead atoms. The molecule has 0 saturated carbocycles. The molecule has 278 valence electrons. The second-order valence-electron chi connectivity index (χ2n) is 14.0. The van der Waals surface area contributed by atoms with Crippen molar-refractivity contribution < 1.29 is 43.2 Å². The Morgan fingerprint density at radius 1 is 0.725 bits per heavy atom. The molecule has 3 aromatic carbocycles. The fourth-order valence-electron chi connectivity index (χ4n) is 4.74. The molecule has 0 aliphatic heterocycles. The van der Waals surface area contributed by atoms with Crippen LogP contribution in [0.25, 0.3) is 0 Å². The standard InChI is InChI=1S/C33H39NO6S.C7H14O3/c1-22-13-15-26(16-14-22)33(25-11-9-8-10-12-25,27-17-19-28(38-7)20-18-27)41-21-29(34-24(3)35)31(37)39-23(2)30(36)40-32(4,5)6;1-5(8)6(9)10-7(2,3)4/h8-20,23,29H,21H2,1-7H3,(H,34,35);5,8H,1-4H3/t23-,29+,33?;5-/m11/s1. The second kappa shape index (κ2) is 18.8. The Hall–Kier alpha value is -4.35. The van der Waals surface area contributed by atoms with Gasteiger partial charge >= 0.3 is 17.9 Å². The maximum Gasteiger partial charge on any atom is 0.347 e. The third kappa shape index (κ3) is 13.7. The fourth-order valence-corrected chi connectivity index (χ4v) is 6.28. The predicted molar refractivity (Wildman–Crippen MR) is 199 cm³/mol. The second-order valence-corrected chi connectivity index (χ2v) is 15.3. The number of aryl methyl sites for hydroxylation is 1. The van der Waals surface area contributed by atoms with E-state index in [2.05, 4.69) is 29.6 Å². The molecule has 0 saturated heterocycles. The van der Waals surface area contributed by atoms with Crippen LogP contribution < -0.4 is 10.1 Å². The van der Waals surface area contributed by atoms with Gasteiger partial charge in [0.2, 0.25) is 5.91 Å². The molecule has 0 aliphatic carbocycles. The summed E-state index contributed by atoms with van der Waals surface area (Å²) in [5, 5.41) is 11.4. The first-order chi connectivity index (χ1) is 23.7. The van der Waals surface area contributed by atoms with Crippen LogP contribution in [0.3, 0.4) is 0 Å². The van der Waals surface area contributed by atoms with Gasteiger partial charge in [0.05, 0.1) is 11.9 Å². The minimum absolute atomic E-state index is 0.161. The van der Waals surface area contributed by atoms with E-state index in [1.807, 2.05) is 61.5 Å². The van der Waals surface area contributed by atoms with Crippen molar-refractivity contribution >= 4 is 35.6 Å². The third-order valence-electron chi connectivity index (χ3n) is 7.04. The molecule has 0 spiro atoms. The molecule has 0 aliphatic rings. The van der Waals surface area contributed by atoms with Gasteiger partial charge in [-0.05, 0) is 91.1 Å². The zero-order valence-electron chi connectivity index (χ0n) is 31.6. The maximum atomic E-state index is 13.3. The van der Waals surface area contributed by atoms with Crippen molar-refractivity contribution in [2.24, 2.45) is 0 Å². The van der Waals surface area contributed by atoms with Gasteiger partial charge in [-0.3, -0.25) is 4.79 Å². The average Bonchev–Trinajstić information content (AvgIpc) is 3.04. The van der Waals surface area contributed by atoms with Crippen molar-refractivity contribution in [3.8, 4) is 5.75 Å². The van der Waals surface area contributed by atoms with Crippen molar-refractivity contribution in [3.63, 3.8) is 0 Å². The van der Waals surface area contributed by atoms with Crippen molar-refractivity contribution in [1.29, 1.82) is 0 Å². The number of thioether (sulfide) groups is 1. The summed E-state index contributed by atoms with van der Waals surface area (Å²) in [5.74, 6) is -1.45. The number of hydrogen-bond acceptors (Lipinski definition) is 10. The molecule has 2 N–H and O–H groups in total. The molecule has 3 aromatic rings. The number of aliphatic hydroxyl groups is 1. The summed E-state index contributed by atoms with van der Waals surface area (Å²) in [5.41, 5.74) is 2.85. The van der Waals surface area contributed by atoms with Gasteiger partial charge in [-0.2, -0.15) is 0 Å².